The van der Waals surface area contributed by atoms with Crippen LogP contribution in [0.1, 0.15) is 16.7 Å². The first-order chi connectivity index (χ1) is 7.66. The molecule has 0 aliphatic rings. The number of nitrogens with zero attached hydrogens (tertiary/aromatic N) is 1. The van der Waals surface area contributed by atoms with Crippen molar-refractivity contribution in [3.05, 3.63) is 58.4 Å². The molecule has 0 amide bonds. The second-order valence-electron chi connectivity index (χ2n) is 3.85. The van der Waals surface area contributed by atoms with Gasteiger partial charge in [-0.1, -0.05) is 23.7 Å². The van der Waals surface area contributed by atoms with Crippen LogP contribution in [0.4, 0.5) is 5.69 Å². The third-order valence-corrected chi connectivity index (χ3v) is 2.88. The van der Waals surface area contributed by atoms with E-state index < -0.39 is 0 Å². The molecule has 0 spiro atoms. The molecule has 0 fully saturated rings. The van der Waals surface area contributed by atoms with Gasteiger partial charge in [0, 0.05) is 29.5 Å². The van der Waals surface area contributed by atoms with Crippen LogP contribution in [0.25, 0.3) is 0 Å². The lowest BCUT2D eigenvalue weighted by Gasteiger charge is -2.07. The molecule has 0 radical (unpaired) electrons. The van der Waals surface area contributed by atoms with Gasteiger partial charge in [-0.15, -0.1) is 0 Å². The fourth-order valence-corrected chi connectivity index (χ4v) is 1.89. The Morgan fingerprint density at radius 2 is 2.06 bits per heavy atom. The van der Waals surface area contributed by atoms with E-state index in [4.69, 9.17) is 17.3 Å². The minimum absolute atomic E-state index is 0.721. The van der Waals surface area contributed by atoms with Crippen molar-refractivity contribution in [3.8, 4) is 0 Å². The molecule has 0 unspecified atom stereocenters. The number of pyridine rings is 1. The Morgan fingerprint density at radius 3 is 2.75 bits per heavy atom. The van der Waals surface area contributed by atoms with Gasteiger partial charge >= 0.3 is 0 Å². The van der Waals surface area contributed by atoms with Crippen molar-refractivity contribution in [1.29, 1.82) is 0 Å². The van der Waals surface area contributed by atoms with Gasteiger partial charge in [0.25, 0.3) is 0 Å². The van der Waals surface area contributed by atoms with Crippen molar-refractivity contribution in [2.45, 2.75) is 13.3 Å². The highest BCUT2D eigenvalue weighted by Gasteiger charge is 2.04. The Bertz CT molecular complexity index is 509. The number of hydrogen-bond donors (Lipinski definition) is 1. The largest absolute Gasteiger partial charge is 0.398 e. The Kier molecular flexibility index (Phi) is 3.11. The Labute approximate surface area is 100 Å². The molecule has 2 aromatic rings. The van der Waals surface area contributed by atoms with Crippen LogP contribution in [-0.2, 0) is 6.42 Å². The number of hydrogen-bond acceptors (Lipinski definition) is 2. The average molecular weight is 233 g/mol. The number of aromatic nitrogens is 1. The SMILES string of the molecule is Cc1ccc(Cc2cnccc2N)c(Cl)c1. The number of anilines is 1. The molecule has 1 heterocycles. The third kappa shape index (κ3) is 2.34. The Morgan fingerprint density at radius 1 is 1.25 bits per heavy atom. The summed E-state index contributed by atoms with van der Waals surface area (Å²) in [5.74, 6) is 0. The number of rotatable bonds is 2. The Balaban J connectivity index is 2.31. The monoisotopic (exact) mass is 232 g/mol. The summed E-state index contributed by atoms with van der Waals surface area (Å²) in [5, 5.41) is 0.781. The molecule has 3 heteroatoms. The van der Waals surface area contributed by atoms with E-state index >= 15 is 0 Å². The highest BCUT2D eigenvalue weighted by Crippen LogP contribution is 2.22. The molecule has 1 aromatic carbocycles. The molecule has 0 atom stereocenters. The van der Waals surface area contributed by atoms with Crippen LogP contribution < -0.4 is 5.73 Å². The zero-order valence-corrected chi connectivity index (χ0v) is 9.83. The summed E-state index contributed by atoms with van der Waals surface area (Å²) in [7, 11) is 0. The highest BCUT2D eigenvalue weighted by atomic mass is 35.5. The summed E-state index contributed by atoms with van der Waals surface area (Å²) in [4.78, 5) is 4.07. The molecule has 1 aromatic heterocycles. The van der Waals surface area contributed by atoms with Crippen LogP contribution >= 0.6 is 11.6 Å². The van der Waals surface area contributed by atoms with Crippen LogP contribution in [0.3, 0.4) is 0 Å². The first kappa shape index (κ1) is 11.0. The van der Waals surface area contributed by atoms with Gasteiger partial charge in [-0.25, -0.2) is 0 Å². The molecule has 82 valence electrons. The van der Waals surface area contributed by atoms with Crippen LogP contribution in [0.2, 0.25) is 5.02 Å². The lowest BCUT2D eigenvalue weighted by atomic mass is 10.0. The topological polar surface area (TPSA) is 38.9 Å². The van der Waals surface area contributed by atoms with Crippen molar-refractivity contribution in [2.24, 2.45) is 0 Å². The fraction of sp³-hybridized carbons (Fsp3) is 0.154. The molecule has 0 bridgehead atoms. The second-order valence-corrected chi connectivity index (χ2v) is 4.25. The minimum Gasteiger partial charge on any atom is -0.398 e. The van der Waals surface area contributed by atoms with Crippen LogP contribution in [0.5, 0.6) is 0 Å². The standard InChI is InChI=1S/C13H13ClN2/c1-9-2-3-10(12(14)6-9)7-11-8-16-5-4-13(11)15/h2-6,8H,7H2,1H3,(H2,15,16). The maximum absolute atomic E-state index is 6.17. The lowest BCUT2D eigenvalue weighted by molar-refractivity contribution is 1.15. The smallest absolute Gasteiger partial charge is 0.0444 e. The molecule has 0 saturated carbocycles. The van der Waals surface area contributed by atoms with Crippen molar-refractivity contribution in [1.82, 2.24) is 4.98 Å². The van der Waals surface area contributed by atoms with Crippen molar-refractivity contribution in [2.75, 3.05) is 5.73 Å². The molecular weight excluding hydrogens is 220 g/mol. The van der Waals surface area contributed by atoms with Crippen LogP contribution in [0.15, 0.2) is 36.7 Å². The van der Waals surface area contributed by atoms with Gasteiger partial charge in [-0.2, -0.15) is 0 Å². The molecule has 2 rings (SSSR count). The van der Waals surface area contributed by atoms with Gasteiger partial charge in [0.05, 0.1) is 0 Å². The third-order valence-electron chi connectivity index (χ3n) is 2.53. The first-order valence-electron chi connectivity index (χ1n) is 5.10. The summed E-state index contributed by atoms with van der Waals surface area (Å²) in [6.07, 6.45) is 4.19. The van der Waals surface area contributed by atoms with E-state index in [1.54, 1.807) is 18.5 Å². The lowest BCUT2D eigenvalue weighted by Crippen LogP contribution is -1.97. The highest BCUT2D eigenvalue weighted by molar-refractivity contribution is 6.31. The van der Waals surface area contributed by atoms with Gasteiger partial charge in [0.15, 0.2) is 0 Å². The normalized spacial score (nSPS) is 10.4. The molecule has 0 aliphatic carbocycles. The van der Waals surface area contributed by atoms with E-state index in [1.165, 1.54) is 0 Å². The number of nitrogens with two attached hydrogens (primary N) is 1. The maximum atomic E-state index is 6.17. The van der Waals surface area contributed by atoms with Gasteiger partial charge < -0.3 is 5.73 Å². The minimum atomic E-state index is 0.721. The Hall–Kier alpha value is -1.54. The molecule has 0 saturated heterocycles. The number of nitrogen functional groups attached to an aromatic ring is 1. The van der Waals surface area contributed by atoms with Crippen LogP contribution in [0, 0.1) is 6.92 Å². The van der Waals surface area contributed by atoms with Gasteiger partial charge in [0.2, 0.25) is 0 Å². The number of benzene rings is 1. The van der Waals surface area contributed by atoms with Gasteiger partial charge in [-0.3, -0.25) is 4.98 Å². The first-order valence-corrected chi connectivity index (χ1v) is 5.48. The summed E-state index contributed by atoms with van der Waals surface area (Å²) >= 11 is 6.17. The predicted molar refractivity (Wildman–Crippen MR) is 67.6 cm³/mol. The van der Waals surface area contributed by atoms with E-state index in [0.29, 0.717) is 0 Å². The number of halogens is 1. The maximum Gasteiger partial charge on any atom is 0.0444 e. The van der Waals surface area contributed by atoms with Crippen LogP contribution in [-0.4, -0.2) is 4.98 Å². The summed E-state index contributed by atoms with van der Waals surface area (Å²) in [6, 6.07) is 7.85. The zero-order chi connectivity index (χ0) is 11.5. The van der Waals surface area contributed by atoms with Crippen molar-refractivity contribution < 1.29 is 0 Å². The summed E-state index contributed by atoms with van der Waals surface area (Å²) in [5.41, 5.74) is 9.87. The molecule has 2 nitrogen and oxygen atoms in total. The van der Waals surface area contributed by atoms with E-state index in [-0.39, 0.29) is 0 Å². The number of aryl methyl sites for hydroxylation is 1. The second kappa shape index (κ2) is 4.54. The molecular formula is C13H13ClN2. The van der Waals surface area contributed by atoms with E-state index in [1.807, 2.05) is 25.1 Å². The summed E-state index contributed by atoms with van der Waals surface area (Å²) in [6.45, 7) is 2.02. The van der Waals surface area contributed by atoms with Gasteiger partial charge in [0.1, 0.15) is 0 Å². The van der Waals surface area contributed by atoms with E-state index in [2.05, 4.69) is 4.98 Å². The fourth-order valence-electron chi connectivity index (χ4n) is 1.59. The van der Waals surface area contributed by atoms with E-state index in [9.17, 15) is 0 Å². The molecule has 2 N–H and O–H groups in total. The molecule has 16 heavy (non-hydrogen) atoms. The quantitative estimate of drug-likeness (QED) is 0.864. The van der Waals surface area contributed by atoms with Gasteiger partial charge in [-0.05, 0) is 35.7 Å². The molecule has 0 aliphatic heterocycles. The van der Waals surface area contributed by atoms with Crippen molar-refractivity contribution >= 4 is 17.3 Å². The predicted octanol–water partition coefficient (Wildman–Crippen LogP) is 3.22. The zero-order valence-electron chi connectivity index (χ0n) is 9.07. The van der Waals surface area contributed by atoms with E-state index in [0.717, 1.165) is 33.8 Å². The summed E-state index contributed by atoms with van der Waals surface area (Å²) < 4.78 is 0. The van der Waals surface area contributed by atoms with Crippen molar-refractivity contribution in [3.63, 3.8) is 0 Å². The average Bonchev–Trinajstić information content (AvgIpc) is 2.25.